The molecule has 1 saturated heterocycles. The molecule has 0 saturated carbocycles. The van der Waals surface area contributed by atoms with Crippen molar-refractivity contribution in [3.05, 3.63) is 32.4 Å². The van der Waals surface area contributed by atoms with E-state index < -0.39 is 0 Å². The van der Waals surface area contributed by atoms with Gasteiger partial charge >= 0.3 is 0 Å². The van der Waals surface area contributed by atoms with Gasteiger partial charge in [0.1, 0.15) is 6.04 Å². The van der Waals surface area contributed by atoms with Crippen molar-refractivity contribution in [1.82, 2.24) is 4.90 Å². The zero-order chi connectivity index (χ0) is 12.4. The molecule has 2 rings (SSSR count). The lowest BCUT2D eigenvalue weighted by molar-refractivity contribution is 0.0764. The molecule has 5 heteroatoms. The Hall–Kier alpha value is -0.800. The molecule has 88 valence electrons. The van der Waals surface area contributed by atoms with Crippen LogP contribution < -0.4 is 0 Å². The van der Waals surface area contributed by atoms with Crippen molar-refractivity contribution in [2.75, 3.05) is 6.54 Å². The van der Waals surface area contributed by atoms with E-state index in [9.17, 15) is 4.79 Å². The molecule has 1 aliphatic rings. The molecule has 0 N–H and O–H groups in total. The molecule has 1 heterocycles. The number of halogens is 2. The lowest BCUT2D eigenvalue weighted by atomic mass is 10.2. The number of nitrogens with zero attached hydrogens (tertiary/aromatic N) is 2. The highest BCUT2D eigenvalue weighted by molar-refractivity contribution is 14.1. The fourth-order valence-electron chi connectivity index (χ4n) is 1.96. The van der Waals surface area contributed by atoms with Crippen LogP contribution in [0.3, 0.4) is 0 Å². The molecule has 3 nitrogen and oxygen atoms in total. The van der Waals surface area contributed by atoms with Gasteiger partial charge in [-0.05, 0) is 53.6 Å². The Bertz CT molecular complexity index is 498. The molecule has 1 aromatic carbocycles. The third-order valence-corrected chi connectivity index (χ3v) is 4.00. The summed E-state index contributed by atoms with van der Waals surface area (Å²) in [5.74, 6) is -0.0963. The van der Waals surface area contributed by atoms with Crippen LogP contribution in [-0.2, 0) is 0 Å². The monoisotopic (exact) mass is 360 g/mol. The highest BCUT2D eigenvalue weighted by Gasteiger charge is 2.30. The van der Waals surface area contributed by atoms with Crippen molar-refractivity contribution in [2.45, 2.75) is 18.9 Å². The fourth-order valence-corrected chi connectivity index (χ4v) is 2.70. The minimum absolute atomic E-state index is 0.0963. The van der Waals surface area contributed by atoms with Crippen LogP contribution in [0.2, 0.25) is 5.02 Å². The summed E-state index contributed by atoms with van der Waals surface area (Å²) in [5, 5.41) is 9.53. The molecule has 1 aliphatic heterocycles. The Morgan fingerprint density at radius 1 is 1.59 bits per heavy atom. The topological polar surface area (TPSA) is 44.1 Å². The van der Waals surface area contributed by atoms with Crippen LogP contribution in [0, 0.1) is 14.9 Å². The van der Waals surface area contributed by atoms with Gasteiger partial charge in [0, 0.05) is 15.1 Å². The molecule has 1 fully saturated rings. The Morgan fingerprint density at radius 2 is 2.35 bits per heavy atom. The van der Waals surface area contributed by atoms with Gasteiger partial charge in [0.05, 0.1) is 11.6 Å². The quantitative estimate of drug-likeness (QED) is 0.723. The van der Waals surface area contributed by atoms with Crippen molar-refractivity contribution >= 4 is 40.1 Å². The second kappa shape index (κ2) is 5.23. The van der Waals surface area contributed by atoms with Crippen LogP contribution in [0.15, 0.2) is 18.2 Å². The first kappa shape index (κ1) is 12.7. The summed E-state index contributed by atoms with van der Waals surface area (Å²) in [6.07, 6.45) is 1.65. The van der Waals surface area contributed by atoms with Crippen molar-refractivity contribution < 1.29 is 4.79 Å². The Kier molecular flexibility index (Phi) is 3.89. The van der Waals surface area contributed by atoms with Gasteiger partial charge in [-0.1, -0.05) is 11.6 Å². The molecule has 0 radical (unpaired) electrons. The van der Waals surface area contributed by atoms with Crippen LogP contribution in [0.1, 0.15) is 23.2 Å². The maximum Gasteiger partial charge on any atom is 0.256 e. The number of carbonyl (C=O) groups excluding carboxylic acids is 1. The van der Waals surface area contributed by atoms with Crippen LogP contribution >= 0.6 is 34.2 Å². The summed E-state index contributed by atoms with van der Waals surface area (Å²) in [6.45, 7) is 0.652. The number of amides is 1. The first-order valence-corrected chi connectivity index (χ1v) is 6.75. The van der Waals surface area contributed by atoms with E-state index in [1.165, 1.54) is 0 Å². The van der Waals surface area contributed by atoms with Gasteiger partial charge in [0.25, 0.3) is 5.91 Å². The van der Waals surface area contributed by atoms with Crippen LogP contribution in [0.5, 0.6) is 0 Å². The number of hydrogen-bond acceptors (Lipinski definition) is 2. The SMILES string of the molecule is N#CC1CCCN1C(=O)c1cc(Cl)ccc1I. The van der Waals surface area contributed by atoms with Crippen LogP contribution in [0.4, 0.5) is 0 Å². The summed E-state index contributed by atoms with van der Waals surface area (Å²) >= 11 is 8.01. The largest absolute Gasteiger partial charge is 0.323 e. The average Bonchev–Trinajstić information content (AvgIpc) is 2.79. The molecule has 0 aromatic heterocycles. The number of rotatable bonds is 1. The molecular formula is C12H10ClIN2O. The third-order valence-electron chi connectivity index (χ3n) is 2.82. The molecule has 1 aromatic rings. The molecule has 0 aliphatic carbocycles. The van der Waals surface area contributed by atoms with E-state index in [1.807, 2.05) is 6.07 Å². The van der Waals surface area contributed by atoms with Crippen molar-refractivity contribution in [3.8, 4) is 6.07 Å². The van der Waals surface area contributed by atoms with Gasteiger partial charge in [0.15, 0.2) is 0 Å². The third kappa shape index (κ3) is 2.55. The number of likely N-dealkylation sites (tertiary alicyclic amines) is 1. The lowest BCUT2D eigenvalue weighted by Crippen LogP contribution is -2.35. The second-order valence-corrected chi connectivity index (χ2v) is 5.51. The van der Waals surface area contributed by atoms with Crippen molar-refractivity contribution in [1.29, 1.82) is 5.26 Å². The Balaban J connectivity index is 2.31. The summed E-state index contributed by atoms with van der Waals surface area (Å²) in [7, 11) is 0. The number of benzene rings is 1. The number of nitriles is 1. The molecule has 17 heavy (non-hydrogen) atoms. The summed E-state index contributed by atoms with van der Waals surface area (Å²) in [4.78, 5) is 13.9. The number of hydrogen-bond donors (Lipinski definition) is 0. The van der Waals surface area contributed by atoms with E-state index in [4.69, 9.17) is 16.9 Å². The molecule has 0 bridgehead atoms. The highest BCUT2D eigenvalue weighted by Crippen LogP contribution is 2.24. The Morgan fingerprint density at radius 3 is 3.06 bits per heavy atom. The van der Waals surface area contributed by atoms with Gasteiger partial charge in [-0.15, -0.1) is 0 Å². The van der Waals surface area contributed by atoms with Crippen molar-refractivity contribution in [3.63, 3.8) is 0 Å². The predicted molar refractivity (Wildman–Crippen MR) is 73.8 cm³/mol. The predicted octanol–water partition coefficient (Wildman–Crippen LogP) is 3.07. The Labute approximate surface area is 118 Å². The van der Waals surface area contributed by atoms with E-state index in [1.54, 1.807) is 17.0 Å². The molecule has 1 unspecified atom stereocenters. The van der Waals surface area contributed by atoms with E-state index in [-0.39, 0.29) is 11.9 Å². The first-order chi connectivity index (χ1) is 8.13. The summed E-state index contributed by atoms with van der Waals surface area (Å²) in [5.41, 5.74) is 0.584. The van der Waals surface area contributed by atoms with E-state index in [0.717, 1.165) is 16.4 Å². The maximum absolute atomic E-state index is 12.3. The summed E-state index contributed by atoms with van der Waals surface area (Å²) in [6, 6.07) is 7.11. The number of carbonyl (C=O) groups is 1. The van der Waals surface area contributed by atoms with Crippen LogP contribution in [-0.4, -0.2) is 23.4 Å². The van der Waals surface area contributed by atoms with Gasteiger partial charge in [0.2, 0.25) is 0 Å². The fraction of sp³-hybridized carbons (Fsp3) is 0.333. The minimum Gasteiger partial charge on any atom is -0.323 e. The van der Waals surface area contributed by atoms with Gasteiger partial charge in [-0.3, -0.25) is 4.79 Å². The minimum atomic E-state index is -0.294. The molecular weight excluding hydrogens is 351 g/mol. The zero-order valence-corrected chi connectivity index (χ0v) is 11.9. The van der Waals surface area contributed by atoms with Gasteiger partial charge in [-0.25, -0.2) is 0 Å². The first-order valence-electron chi connectivity index (χ1n) is 5.29. The summed E-state index contributed by atoms with van der Waals surface area (Å²) < 4.78 is 0.862. The van der Waals surface area contributed by atoms with Gasteiger partial charge in [-0.2, -0.15) is 5.26 Å². The highest BCUT2D eigenvalue weighted by atomic mass is 127. The van der Waals surface area contributed by atoms with E-state index in [2.05, 4.69) is 28.7 Å². The smallest absolute Gasteiger partial charge is 0.256 e. The van der Waals surface area contributed by atoms with Crippen LogP contribution in [0.25, 0.3) is 0 Å². The maximum atomic E-state index is 12.3. The van der Waals surface area contributed by atoms with Crippen molar-refractivity contribution in [2.24, 2.45) is 0 Å². The molecule has 1 amide bonds. The molecule has 0 spiro atoms. The second-order valence-electron chi connectivity index (χ2n) is 3.91. The normalized spacial score (nSPS) is 19.1. The van der Waals surface area contributed by atoms with E-state index in [0.29, 0.717) is 17.1 Å². The zero-order valence-electron chi connectivity index (χ0n) is 8.99. The van der Waals surface area contributed by atoms with Gasteiger partial charge < -0.3 is 4.90 Å². The van der Waals surface area contributed by atoms with E-state index >= 15 is 0 Å². The molecule has 1 atom stereocenters. The standard InChI is InChI=1S/C12H10ClIN2O/c13-8-3-4-11(14)10(6-8)12(17)16-5-1-2-9(16)7-15/h3-4,6,9H,1-2,5H2. The lowest BCUT2D eigenvalue weighted by Gasteiger charge is -2.20. The average molecular weight is 361 g/mol.